The van der Waals surface area contributed by atoms with Crippen molar-refractivity contribution in [2.24, 2.45) is 0 Å². The molecule has 37 heavy (non-hydrogen) atoms. The molecule has 0 radical (unpaired) electrons. The van der Waals surface area contributed by atoms with E-state index >= 15 is 0 Å². The number of rotatable bonds is 7. The molecule has 0 unspecified atom stereocenters. The molecule has 1 aliphatic heterocycles. The summed E-state index contributed by atoms with van der Waals surface area (Å²) >= 11 is 6.13. The summed E-state index contributed by atoms with van der Waals surface area (Å²) in [7, 11) is 0. The highest BCUT2D eigenvalue weighted by Gasteiger charge is 2.19. The first-order valence-electron chi connectivity index (χ1n) is 12.3. The second-order valence-corrected chi connectivity index (χ2v) is 9.53. The van der Waals surface area contributed by atoms with Crippen molar-refractivity contribution in [2.75, 3.05) is 23.3 Å². The highest BCUT2D eigenvalue weighted by atomic mass is 35.5. The van der Waals surface area contributed by atoms with Crippen LogP contribution in [0.15, 0.2) is 91.0 Å². The summed E-state index contributed by atoms with van der Waals surface area (Å²) in [5, 5.41) is 14.1. The minimum atomic E-state index is -0.543. The maximum Gasteiger partial charge on any atom is 0.270 e. The predicted molar refractivity (Wildman–Crippen MR) is 149 cm³/mol. The van der Waals surface area contributed by atoms with Crippen LogP contribution < -0.4 is 10.2 Å². The maximum atomic E-state index is 12.8. The van der Waals surface area contributed by atoms with Gasteiger partial charge >= 0.3 is 0 Å². The highest BCUT2D eigenvalue weighted by molar-refractivity contribution is 6.34. The standard InChI is InChI=1S/C30H26ClN3O3/c31-28-14-13-26(34(36)37)20-27(28)30(35)32-25-12-15-29-24(19-25)7-4-17-33(29)18-16-21-8-10-23(11-9-21)22-5-2-1-3-6-22/h1-3,5-6,8-15,19-20H,4,7,16-18H2,(H,32,35). The first kappa shape index (κ1) is 24.5. The summed E-state index contributed by atoms with van der Waals surface area (Å²) in [4.78, 5) is 25.7. The Balaban J connectivity index is 1.25. The van der Waals surface area contributed by atoms with Gasteiger partial charge in [-0.25, -0.2) is 0 Å². The zero-order valence-electron chi connectivity index (χ0n) is 20.2. The van der Waals surface area contributed by atoms with E-state index in [2.05, 4.69) is 58.7 Å². The Morgan fingerprint density at radius 3 is 2.46 bits per heavy atom. The van der Waals surface area contributed by atoms with Crippen molar-refractivity contribution < 1.29 is 9.72 Å². The van der Waals surface area contributed by atoms with E-state index in [1.807, 2.05) is 24.3 Å². The van der Waals surface area contributed by atoms with Crippen LogP contribution in [-0.4, -0.2) is 23.9 Å². The van der Waals surface area contributed by atoms with Gasteiger partial charge in [-0.15, -0.1) is 0 Å². The third kappa shape index (κ3) is 5.65. The number of nitrogens with zero attached hydrogens (tertiary/aromatic N) is 2. The molecule has 0 aliphatic carbocycles. The molecular formula is C30H26ClN3O3. The number of nitro benzene ring substituents is 1. The minimum Gasteiger partial charge on any atom is -0.371 e. The monoisotopic (exact) mass is 511 g/mol. The molecule has 0 bridgehead atoms. The molecule has 1 aliphatic rings. The molecule has 0 spiro atoms. The third-order valence-electron chi connectivity index (χ3n) is 6.69. The number of carbonyl (C=O) groups excluding carboxylic acids is 1. The van der Waals surface area contributed by atoms with Crippen LogP contribution in [0.4, 0.5) is 17.1 Å². The Bertz CT molecular complexity index is 1440. The zero-order valence-corrected chi connectivity index (χ0v) is 20.9. The number of hydrogen-bond acceptors (Lipinski definition) is 4. The summed E-state index contributed by atoms with van der Waals surface area (Å²) in [6.07, 6.45) is 2.91. The number of amides is 1. The molecule has 1 amide bonds. The topological polar surface area (TPSA) is 75.5 Å². The van der Waals surface area contributed by atoms with E-state index in [1.54, 1.807) is 0 Å². The van der Waals surface area contributed by atoms with E-state index < -0.39 is 10.8 Å². The lowest BCUT2D eigenvalue weighted by atomic mass is 9.99. The molecule has 5 rings (SSSR count). The van der Waals surface area contributed by atoms with Crippen molar-refractivity contribution in [2.45, 2.75) is 19.3 Å². The fourth-order valence-corrected chi connectivity index (χ4v) is 4.95. The average molecular weight is 512 g/mol. The first-order chi connectivity index (χ1) is 18.0. The van der Waals surface area contributed by atoms with Crippen molar-refractivity contribution in [3.8, 4) is 11.1 Å². The van der Waals surface area contributed by atoms with Gasteiger partial charge in [-0.05, 0) is 65.8 Å². The number of fused-ring (bicyclic) bond motifs is 1. The quantitative estimate of drug-likeness (QED) is 0.211. The van der Waals surface area contributed by atoms with Gasteiger partial charge in [0.2, 0.25) is 0 Å². The van der Waals surface area contributed by atoms with Crippen LogP contribution in [-0.2, 0) is 12.8 Å². The summed E-state index contributed by atoms with van der Waals surface area (Å²) < 4.78 is 0. The van der Waals surface area contributed by atoms with E-state index in [1.165, 1.54) is 46.1 Å². The normalized spacial score (nSPS) is 12.6. The summed E-state index contributed by atoms with van der Waals surface area (Å²) in [5.41, 5.74) is 6.63. The molecule has 186 valence electrons. The van der Waals surface area contributed by atoms with Gasteiger partial charge in [0.1, 0.15) is 0 Å². The number of carbonyl (C=O) groups is 1. The van der Waals surface area contributed by atoms with Gasteiger partial charge in [-0.2, -0.15) is 0 Å². The van der Waals surface area contributed by atoms with Crippen LogP contribution in [0, 0.1) is 10.1 Å². The summed E-state index contributed by atoms with van der Waals surface area (Å²) in [6, 6.07) is 28.9. The number of hydrogen-bond donors (Lipinski definition) is 1. The van der Waals surface area contributed by atoms with Gasteiger partial charge in [0.05, 0.1) is 15.5 Å². The maximum absolute atomic E-state index is 12.8. The van der Waals surface area contributed by atoms with Gasteiger partial charge in [0, 0.05) is 36.6 Å². The molecule has 0 saturated carbocycles. The molecule has 0 atom stereocenters. The number of aryl methyl sites for hydroxylation is 1. The number of halogens is 1. The summed E-state index contributed by atoms with van der Waals surface area (Å²) in [5.74, 6) is -0.472. The van der Waals surface area contributed by atoms with Gasteiger partial charge in [-0.3, -0.25) is 14.9 Å². The zero-order chi connectivity index (χ0) is 25.8. The fourth-order valence-electron chi connectivity index (χ4n) is 4.74. The Kier molecular flexibility index (Phi) is 7.19. The van der Waals surface area contributed by atoms with Crippen LogP contribution in [0.1, 0.15) is 27.9 Å². The van der Waals surface area contributed by atoms with Gasteiger partial charge < -0.3 is 10.2 Å². The fraction of sp³-hybridized carbons (Fsp3) is 0.167. The molecule has 1 N–H and O–H groups in total. The summed E-state index contributed by atoms with van der Waals surface area (Å²) in [6.45, 7) is 1.90. The second-order valence-electron chi connectivity index (χ2n) is 9.12. The van der Waals surface area contributed by atoms with E-state index in [4.69, 9.17) is 11.6 Å². The van der Waals surface area contributed by atoms with Crippen molar-refractivity contribution >= 4 is 34.6 Å². The second kappa shape index (κ2) is 10.8. The highest BCUT2D eigenvalue weighted by Crippen LogP contribution is 2.31. The molecule has 0 aromatic heterocycles. The molecule has 0 saturated heterocycles. The molecule has 4 aromatic carbocycles. The number of non-ortho nitro benzene ring substituents is 1. The lowest BCUT2D eigenvalue weighted by Crippen LogP contribution is -2.31. The number of nitrogens with one attached hydrogen (secondary N) is 1. The predicted octanol–water partition coefficient (Wildman–Crippen LogP) is 7.16. The minimum absolute atomic E-state index is 0.0773. The van der Waals surface area contributed by atoms with Crippen LogP contribution in [0.25, 0.3) is 11.1 Å². The molecule has 0 fully saturated rings. The van der Waals surface area contributed by atoms with Crippen LogP contribution in [0.3, 0.4) is 0 Å². The lowest BCUT2D eigenvalue weighted by molar-refractivity contribution is -0.384. The van der Waals surface area contributed by atoms with E-state index in [-0.39, 0.29) is 16.3 Å². The van der Waals surface area contributed by atoms with Crippen LogP contribution >= 0.6 is 11.6 Å². The van der Waals surface area contributed by atoms with Gasteiger partial charge in [0.15, 0.2) is 0 Å². The Morgan fingerprint density at radius 2 is 1.70 bits per heavy atom. The largest absolute Gasteiger partial charge is 0.371 e. The molecular weight excluding hydrogens is 486 g/mol. The van der Waals surface area contributed by atoms with Crippen LogP contribution in [0.5, 0.6) is 0 Å². The van der Waals surface area contributed by atoms with Crippen LogP contribution in [0.2, 0.25) is 5.02 Å². The van der Waals surface area contributed by atoms with E-state index in [9.17, 15) is 14.9 Å². The Morgan fingerprint density at radius 1 is 0.946 bits per heavy atom. The first-order valence-corrected chi connectivity index (χ1v) is 12.6. The third-order valence-corrected chi connectivity index (χ3v) is 7.02. The molecule has 1 heterocycles. The van der Waals surface area contributed by atoms with Gasteiger partial charge in [-0.1, -0.05) is 66.2 Å². The molecule has 6 nitrogen and oxygen atoms in total. The molecule has 7 heteroatoms. The average Bonchev–Trinajstić information content (AvgIpc) is 2.92. The Labute approximate surface area is 220 Å². The van der Waals surface area contributed by atoms with Crippen molar-refractivity contribution in [3.63, 3.8) is 0 Å². The molecule has 4 aromatic rings. The van der Waals surface area contributed by atoms with Crippen molar-refractivity contribution in [3.05, 3.63) is 123 Å². The number of benzene rings is 4. The van der Waals surface area contributed by atoms with E-state index in [0.717, 1.165) is 32.4 Å². The lowest BCUT2D eigenvalue weighted by Gasteiger charge is -2.32. The Hall–Kier alpha value is -4.16. The number of anilines is 2. The smallest absolute Gasteiger partial charge is 0.270 e. The van der Waals surface area contributed by atoms with Gasteiger partial charge in [0.25, 0.3) is 11.6 Å². The van der Waals surface area contributed by atoms with Crippen molar-refractivity contribution in [1.29, 1.82) is 0 Å². The van der Waals surface area contributed by atoms with Crippen molar-refractivity contribution in [1.82, 2.24) is 0 Å². The van der Waals surface area contributed by atoms with E-state index in [0.29, 0.717) is 5.69 Å². The SMILES string of the molecule is O=C(Nc1ccc2c(c1)CCCN2CCc1ccc(-c2ccccc2)cc1)c1cc([N+](=O)[O-])ccc1Cl. The number of nitro groups is 1.